The summed E-state index contributed by atoms with van der Waals surface area (Å²) in [5, 5.41) is 23.8. The number of rotatable bonds is 4. The number of anilines is 1. The van der Waals surface area contributed by atoms with Crippen LogP contribution in [-0.2, 0) is 11.3 Å². The van der Waals surface area contributed by atoms with Crippen molar-refractivity contribution < 1.29 is 9.90 Å². The Morgan fingerprint density at radius 2 is 2.29 bits per heavy atom. The highest BCUT2D eigenvalue weighted by atomic mass is 79.9. The van der Waals surface area contributed by atoms with Crippen molar-refractivity contribution in [2.45, 2.75) is 6.54 Å². The van der Waals surface area contributed by atoms with Crippen LogP contribution in [-0.4, -0.2) is 37.4 Å². The third-order valence-corrected chi connectivity index (χ3v) is 3.37. The van der Waals surface area contributed by atoms with Crippen LogP contribution in [0.3, 0.4) is 0 Å². The van der Waals surface area contributed by atoms with E-state index in [4.69, 9.17) is 5.73 Å². The number of halogens is 2. The molecule has 9 nitrogen and oxygen atoms in total. The summed E-state index contributed by atoms with van der Waals surface area (Å²) in [5.41, 5.74) is 8.14. The minimum atomic E-state index is -0.459. The second kappa shape index (κ2) is 6.63. The Bertz CT molecular complexity index is 701. The first-order valence-corrected chi connectivity index (χ1v) is 7.07. The van der Waals surface area contributed by atoms with Crippen LogP contribution in [0.25, 0.3) is 0 Å². The van der Waals surface area contributed by atoms with Crippen molar-refractivity contribution in [1.29, 1.82) is 0 Å². The van der Waals surface area contributed by atoms with Gasteiger partial charge in [-0.3, -0.25) is 4.79 Å². The maximum Gasteiger partial charge on any atom is 0.261 e. The van der Waals surface area contributed by atoms with Crippen molar-refractivity contribution >= 4 is 49.9 Å². The summed E-state index contributed by atoms with van der Waals surface area (Å²) < 4.78 is 2.38. The predicted octanol–water partition coefficient (Wildman–Crippen LogP) is 0.636. The Kier molecular flexibility index (Phi) is 4.85. The fourth-order valence-electron chi connectivity index (χ4n) is 1.35. The van der Waals surface area contributed by atoms with E-state index in [0.29, 0.717) is 10.0 Å². The summed E-state index contributed by atoms with van der Waals surface area (Å²) in [4.78, 5) is 11.6. The van der Waals surface area contributed by atoms with Crippen LogP contribution in [0.5, 0.6) is 5.75 Å². The molecule has 11 heteroatoms. The van der Waals surface area contributed by atoms with Gasteiger partial charge >= 0.3 is 0 Å². The molecule has 0 saturated heterocycles. The van der Waals surface area contributed by atoms with Gasteiger partial charge in [-0.05, 0) is 38.5 Å². The molecular weight excluding hydrogens is 410 g/mol. The van der Waals surface area contributed by atoms with Gasteiger partial charge < -0.3 is 10.8 Å². The second-order valence-electron chi connectivity index (χ2n) is 3.81. The van der Waals surface area contributed by atoms with Gasteiger partial charge in [-0.1, -0.05) is 21.0 Å². The fraction of sp³-hybridized carbons (Fsp3) is 0.100. The van der Waals surface area contributed by atoms with Crippen LogP contribution >= 0.6 is 31.9 Å². The van der Waals surface area contributed by atoms with E-state index in [1.165, 1.54) is 6.21 Å². The Labute approximate surface area is 135 Å². The lowest BCUT2D eigenvalue weighted by molar-refractivity contribution is -0.121. The van der Waals surface area contributed by atoms with Crippen LogP contribution in [0, 0.1) is 0 Å². The molecule has 1 aromatic heterocycles. The number of phenolic OH excluding ortho intramolecular Hbond substituents is 1. The normalized spacial score (nSPS) is 11.0. The predicted molar refractivity (Wildman–Crippen MR) is 81.5 cm³/mol. The van der Waals surface area contributed by atoms with Crippen molar-refractivity contribution in [2.24, 2.45) is 5.10 Å². The number of hydrogen-bond donors (Lipinski definition) is 3. The van der Waals surface area contributed by atoms with Crippen molar-refractivity contribution in [3.8, 4) is 5.75 Å². The topological polar surface area (TPSA) is 131 Å². The summed E-state index contributed by atoms with van der Waals surface area (Å²) in [6, 6.07) is 3.33. The molecule has 4 N–H and O–H groups in total. The summed E-state index contributed by atoms with van der Waals surface area (Å²) in [5.74, 6) is -0.414. The first-order chi connectivity index (χ1) is 9.97. The van der Waals surface area contributed by atoms with E-state index in [1.807, 2.05) is 0 Å². The van der Waals surface area contributed by atoms with E-state index in [-0.39, 0.29) is 18.2 Å². The molecular formula is C10H9Br2N7O2. The number of nitrogens with one attached hydrogen (secondary N) is 1. The standard InChI is InChI=1S/C10H9Br2N7O2/c11-6-1-5(9(21)7(12)2-6)3-14-15-8(20)4-19-10(13)16-17-18-19/h1-3,21H,4H2,(H,15,20)(H2,13,16,18). The summed E-state index contributed by atoms with van der Waals surface area (Å²) >= 11 is 6.48. The maximum atomic E-state index is 11.6. The molecule has 0 aliphatic carbocycles. The Morgan fingerprint density at radius 3 is 2.95 bits per heavy atom. The zero-order valence-electron chi connectivity index (χ0n) is 10.4. The molecule has 0 bridgehead atoms. The lowest BCUT2D eigenvalue weighted by Crippen LogP contribution is -2.24. The van der Waals surface area contributed by atoms with Gasteiger partial charge in [0.1, 0.15) is 12.3 Å². The maximum absolute atomic E-state index is 11.6. The number of nitrogen functional groups attached to an aromatic ring is 1. The number of aromatic hydroxyl groups is 1. The molecule has 2 aromatic rings. The highest BCUT2D eigenvalue weighted by Crippen LogP contribution is 2.30. The van der Waals surface area contributed by atoms with Gasteiger partial charge in [-0.2, -0.15) is 5.10 Å². The number of hydrogen-bond acceptors (Lipinski definition) is 7. The molecule has 110 valence electrons. The Balaban J connectivity index is 1.99. The van der Waals surface area contributed by atoms with E-state index >= 15 is 0 Å². The molecule has 2 rings (SSSR count). The van der Waals surface area contributed by atoms with Gasteiger partial charge in [-0.25, -0.2) is 10.1 Å². The van der Waals surface area contributed by atoms with Gasteiger partial charge in [-0.15, -0.1) is 0 Å². The van der Waals surface area contributed by atoms with E-state index in [2.05, 4.69) is 57.9 Å². The number of carbonyl (C=O) groups is 1. The summed E-state index contributed by atoms with van der Waals surface area (Å²) in [6.07, 6.45) is 1.31. The summed E-state index contributed by atoms with van der Waals surface area (Å²) in [7, 11) is 0. The number of amides is 1. The lowest BCUT2D eigenvalue weighted by Gasteiger charge is -2.03. The van der Waals surface area contributed by atoms with Crippen LogP contribution < -0.4 is 11.2 Å². The zero-order chi connectivity index (χ0) is 15.4. The van der Waals surface area contributed by atoms with E-state index in [1.54, 1.807) is 12.1 Å². The van der Waals surface area contributed by atoms with Gasteiger partial charge in [0.2, 0.25) is 5.95 Å². The van der Waals surface area contributed by atoms with E-state index in [9.17, 15) is 9.90 Å². The lowest BCUT2D eigenvalue weighted by atomic mass is 10.2. The van der Waals surface area contributed by atoms with Crippen LogP contribution in [0.1, 0.15) is 5.56 Å². The molecule has 0 aliphatic rings. The number of nitrogens with two attached hydrogens (primary N) is 1. The molecule has 0 saturated carbocycles. The SMILES string of the molecule is Nc1nnnn1CC(=O)NN=Cc1cc(Br)cc(Br)c1O. The first-order valence-electron chi connectivity index (χ1n) is 5.49. The number of nitrogens with zero attached hydrogens (tertiary/aromatic N) is 5. The van der Waals surface area contributed by atoms with Crippen molar-refractivity contribution in [1.82, 2.24) is 25.6 Å². The minimum absolute atomic E-state index is 0.0147. The van der Waals surface area contributed by atoms with E-state index < -0.39 is 5.91 Å². The molecule has 1 heterocycles. The summed E-state index contributed by atoms with van der Waals surface area (Å²) in [6.45, 7) is -0.162. The zero-order valence-corrected chi connectivity index (χ0v) is 13.5. The fourth-order valence-corrected chi connectivity index (χ4v) is 2.61. The largest absolute Gasteiger partial charge is 0.506 e. The number of aromatic nitrogens is 4. The average molecular weight is 419 g/mol. The van der Waals surface area contributed by atoms with Gasteiger partial charge in [0, 0.05) is 10.0 Å². The van der Waals surface area contributed by atoms with Crippen LogP contribution in [0.2, 0.25) is 0 Å². The highest BCUT2D eigenvalue weighted by molar-refractivity contribution is 9.11. The molecule has 0 radical (unpaired) electrons. The van der Waals surface area contributed by atoms with Crippen LogP contribution in [0.4, 0.5) is 5.95 Å². The van der Waals surface area contributed by atoms with Gasteiger partial charge in [0.15, 0.2) is 0 Å². The molecule has 21 heavy (non-hydrogen) atoms. The van der Waals surface area contributed by atoms with Gasteiger partial charge in [0.05, 0.1) is 10.7 Å². The van der Waals surface area contributed by atoms with Crippen molar-refractivity contribution in [3.05, 3.63) is 26.6 Å². The molecule has 0 unspecified atom stereocenters. The minimum Gasteiger partial charge on any atom is -0.506 e. The number of benzene rings is 1. The Morgan fingerprint density at radius 1 is 1.52 bits per heavy atom. The number of tetrazole rings is 1. The molecule has 1 aromatic carbocycles. The number of phenols is 1. The molecule has 1 amide bonds. The number of carbonyl (C=O) groups excluding carboxylic acids is 1. The monoisotopic (exact) mass is 417 g/mol. The third-order valence-electron chi connectivity index (χ3n) is 2.30. The Hall–Kier alpha value is -2.01. The molecule has 0 fully saturated rings. The highest BCUT2D eigenvalue weighted by Gasteiger charge is 2.08. The van der Waals surface area contributed by atoms with Crippen molar-refractivity contribution in [3.63, 3.8) is 0 Å². The molecule has 0 atom stereocenters. The molecule has 0 spiro atoms. The third kappa shape index (κ3) is 3.98. The van der Waals surface area contributed by atoms with Crippen molar-refractivity contribution in [2.75, 3.05) is 5.73 Å². The van der Waals surface area contributed by atoms with E-state index in [0.717, 1.165) is 9.15 Å². The molecule has 0 aliphatic heterocycles. The van der Waals surface area contributed by atoms with Gasteiger partial charge in [0.25, 0.3) is 5.91 Å². The van der Waals surface area contributed by atoms with Crippen LogP contribution in [0.15, 0.2) is 26.2 Å². The first kappa shape index (κ1) is 15.4. The number of hydrazone groups is 1. The second-order valence-corrected chi connectivity index (χ2v) is 5.58. The average Bonchev–Trinajstić information content (AvgIpc) is 2.80. The quantitative estimate of drug-likeness (QED) is 0.493. The smallest absolute Gasteiger partial charge is 0.261 e.